The zero-order valence-electron chi connectivity index (χ0n) is 20.8. The summed E-state index contributed by atoms with van der Waals surface area (Å²) in [6, 6.07) is 11.2. The first-order valence-corrected chi connectivity index (χ1v) is 12.5. The van der Waals surface area contributed by atoms with Crippen molar-refractivity contribution in [2.75, 3.05) is 9.80 Å². The predicted octanol–water partition coefficient (Wildman–Crippen LogP) is 4.20. The van der Waals surface area contributed by atoms with Gasteiger partial charge >= 0.3 is 0 Å². The number of hydrogen-bond acceptors (Lipinski definition) is 4. The number of carbonyl (C=O) groups is 4. The number of benzene rings is 2. The van der Waals surface area contributed by atoms with Crippen molar-refractivity contribution in [2.45, 2.75) is 27.7 Å². The largest absolute Gasteiger partial charge is 0.273 e. The minimum Gasteiger partial charge on any atom is -0.273 e. The van der Waals surface area contributed by atoms with Gasteiger partial charge in [0.05, 0.1) is 35.0 Å². The van der Waals surface area contributed by atoms with Crippen LogP contribution in [0.5, 0.6) is 0 Å². The van der Waals surface area contributed by atoms with Gasteiger partial charge in [-0.1, -0.05) is 36.4 Å². The molecule has 0 N–H and O–H groups in total. The molecule has 6 rings (SSSR count). The molecule has 0 radical (unpaired) electrons. The highest BCUT2D eigenvalue weighted by Gasteiger charge is 2.60. The molecule has 0 spiro atoms. The molecule has 4 amide bonds. The highest BCUT2D eigenvalue weighted by molar-refractivity contribution is 6.22. The van der Waals surface area contributed by atoms with E-state index in [9.17, 15) is 19.2 Å². The summed E-state index contributed by atoms with van der Waals surface area (Å²) < 4.78 is 0. The Labute approximate surface area is 210 Å². The Balaban J connectivity index is 1.42. The third-order valence-corrected chi connectivity index (χ3v) is 8.67. The van der Waals surface area contributed by atoms with E-state index in [4.69, 9.17) is 0 Å². The van der Waals surface area contributed by atoms with Crippen LogP contribution in [0, 0.1) is 63.2 Å². The van der Waals surface area contributed by atoms with Crippen LogP contribution >= 0.6 is 0 Å². The molecule has 0 saturated carbocycles. The molecule has 2 fully saturated rings. The van der Waals surface area contributed by atoms with Crippen LogP contribution in [0.4, 0.5) is 11.4 Å². The molecular formula is C30H28N2O4. The maximum atomic E-state index is 13.7. The van der Waals surface area contributed by atoms with Gasteiger partial charge in [-0.2, -0.15) is 0 Å². The quantitative estimate of drug-likeness (QED) is 0.477. The Hall–Kier alpha value is -3.80. The van der Waals surface area contributed by atoms with Gasteiger partial charge in [0.25, 0.3) is 0 Å². The minimum atomic E-state index is -0.559. The fourth-order valence-electron chi connectivity index (χ4n) is 6.44. The van der Waals surface area contributed by atoms with E-state index in [2.05, 4.69) is 0 Å². The van der Waals surface area contributed by atoms with Gasteiger partial charge in [0, 0.05) is 0 Å². The van der Waals surface area contributed by atoms with Gasteiger partial charge in [-0.3, -0.25) is 19.2 Å². The minimum absolute atomic E-state index is 0.287. The van der Waals surface area contributed by atoms with Crippen molar-refractivity contribution in [3.8, 4) is 0 Å². The van der Waals surface area contributed by atoms with Crippen LogP contribution in [0.2, 0.25) is 0 Å². The van der Waals surface area contributed by atoms with Crippen LogP contribution in [0.3, 0.4) is 0 Å². The molecule has 2 aromatic rings. The first-order chi connectivity index (χ1) is 17.2. The summed E-state index contributed by atoms with van der Waals surface area (Å²) in [4.78, 5) is 57.3. The number of aryl methyl sites for hydroxylation is 4. The first kappa shape index (κ1) is 22.7. The van der Waals surface area contributed by atoms with E-state index >= 15 is 0 Å². The topological polar surface area (TPSA) is 74.8 Å². The van der Waals surface area contributed by atoms with Crippen molar-refractivity contribution >= 4 is 35.0 Å². The third-order valence-electron chi connectivity index (χ3n) is 8.67. The van der Waals surface area contributed by atoms with Crippen LogP contribution < -0.4 is 9.80 Å². The lowest BCUT2D eigenvalue weighted by molar-refractivity contribution is -0.148. The second-order valence-corrected chi connectivity index (χ2v) is 10.6. The lowest BCUT2D eigenvalue weighted by Gasteiger charge is -2.53. The van der Waals surface area contributed by atoms with Crippen LogP contribution in [0.15, 0.2) is 60.7 Å². The number of nitrogens with zero attached hydrogens (tertiary/aromatic N) is 2. The normalized spacial score (nSPS) is 30.7. The summed E-state index contributed by atoms with van der Waals surface area (Å²) in [6.07, 6.45) is 7.18. The third kappa shape index (κ3) is 3.03. The van der Waals surface area contributed by atoms with E-state index in [1.54, 1.807) is 36.4 Å². The summed E-state index contributed by atoms with van der Waals surface area (Å²) in [5, 5.41) is 0. The molecule has 2 saturated heterocycles. The van der Waals surface area contributed by atoms with Gasteiger partial charge in [-0.25, -0.2) is 9.80 Å². The Morgan fingerprint density at radius 1 is 0.472 bits per heavy atom. The molecule has 6 nitrogen and oxygen atoms in total. The van der Waals surface area contributed by atoms with Gasteiger partial charge in [-0.05, 0) is 86.1 Å². The average Bonchev–Trinajstić information content (AvgIpc) is 2.85. The highest BCUT2D eigenvalue weighted by Crippen LogP contribution is 2.53. The number of rotatable bonds is 2. The predicted molar refractivity (Wildman–Crippen MR) is 136 cm³/mol. The van der Waals surface area contributed by atoms with E-state index in [-0.39, 0.29) is 23.6 Å². The summed E-state index contributed by atoms with van der Waals surface area (Å²) in [6.45, 7) is 7.89. The number of carbonyl (C=O) groups excluding carboxylic acids is 4. The van der Waals surface area contributed by atoms with Gasteiger partial charge in [-0.15, -0.1) is 0 Å². The smallest absolute Gasteiger partial charge is 0.241 e. The van der Waals surface area contributed by atoms with E-state index in [1.807, 2.05) is 52.0 Å². The second-order valence-electron chi connectivity index (χ2n) is 10.6. The average molecular weight is 481 g/mol. The molecule has 2 heterocycles. The van der Waals surface area contributed by atoms with Crippen molar-refractivity contribution in [1.29, 1.82) is 0 Å². The zero-order valence-corrected chi connectivity index (χ0v) is 20.8. The zero-order chi connectivity index (χ0) is 25.5. The standard InChI is InChI=1S/C30H28N2O4/c1-15-5-7-19(13-17(15)3)31-27(33)21-9-11-23-26-24(12-10-22(25(21)26)28(31)34)30(36)32(29(23)35)20-8-6-16(2)18(4)14-20/h5-14,21-26H,1-4H3/t21-,22-,23-,24+,25?,26?/m0/s1. The van der Waals surface area contributed by atoms with E-state index in [0.717, 1.165) is 22.3 Å². The molecule has 36 heavy (non-hydrogen) atoms. The van der Waals surface area contributed by atoms with E-state index in [1.165, 1.54) is 9.80 Å². The summed E-state index contributed by atoms with van der Waals surface area (Å²) in [7, 11) is 0. The van der Waals surface area contributed by atoms with Crippen LogP contribution in [0.1, 0.15) is 22.3 Å². The molecule has 6 atom stereocenters. The van der Waals surface area contributed by atoms with Crippen LogP contribution in [-0.4, -0.2) is 23.6 Å². The Bertz CT molecular complexity index is 1260. The summed E-state index contributed by atoms with van der Waals surface area (Å²) >= 11 is 0. The van der Waals surface area contributed by atoms with Gasteiger partial charge in [0.2, 0.25) is 23.6 Å². The molecule has 182 valence electrons. The number of imide groups is 2. The Morgan fingerprint density at radius 2 is 0.778 bits per heavy atom. The van der Waals surface area contributed by atoms with Crippen molar-refractivity contribution in [3.63, 3.8) is 0 Å². The highest BCUT2D eigenvalue weighted by atomic mass is 16.2. The number of piperidine rings is 2. The van der Waals surface area contributed by atoms with Crippen LogP contribution in [-0.2, 0) is 19.2 Å². The first-order valence-electron chi connectivity index (χ1n) is 12.5. The van der Waals surface area contributed by atoms with Crippen molar-refractivity contribution < 1.29 is 19.2 Å². The van der Waals surface area contributed by atoms with Crippen LogP contribution in [0.25, 0.3) is 0 Å². The van der Waals surface area contributed by atoms with Gasteiger partial charge in [0.15, 0.2) is 0 Å². The van der Waals surface area contributed by atoms with E-state index < -0.39 is 35.5 Å². The summed E-state index contributed by atoms with van der Waals surface area (Å²) in [5.41, 5.74) is 5.31. The lowest BCUT2D eigenvalue weighted by Crippen LogP contribution is -2.64. The molecule has 4 aliphatic rings. The fraction of sp³-hybridized carbons (Fsp3) is 0.333. The Morgan fingerprint density at radius 3 is 1.06 bits per heavy atom. The molecule has 2 aromatic carbocycles. The number of amides is 4. The summed E-state index contributed by atoms with van der Waals surface area (Å²) in [5.74, 6) is -4.20. The fourth-order valence-corrected chi connectivity index (χ4v) is 6.44. The maximum absolute atomic E-state index is 13.7. The van der Waals surface area contributed by atoms with Gasteiger partial charge < -0.3 is 0 Å². The molecular weight excluding hydrogens is 452 g/mol. The molecule has 0 bridgehead atoms. The number of hydrogen-bond donors (Lipinski definition) is 0. The van der Waals surface area contributed by atoms with Crippen molar-refractivity contribution in [2.24, 2.45) is 35.5 Å². The molecule has 6 heteroatoms. The lowest BCUT2D eigenvalue weighted by atomic mass is 9.55. The monoisotopic (exact) mass is 480 g/mol. The van der Waals surface area contributed by atoms with Crippen molar-refractivity contribution in [1.82, 2.24) is 0 Å². The molecule has 2 aliphatic carbocycles. The maximum Gasteiger partial charge on any atom is 0.241 e. The molecule has 2 aliphatic heterocycles. The van der Waals surface area contributed by atoms with E-state index in [0.29, 0.717) is 11.4 Å². The molecule has 2 unspecified atom stereocenters. The SMILES string of the molecule is Cc1ccc(N2C(=O)[C@H]3C=C[C@@H]4C(=O)N(c5ccc(C)c(C)c5)C(=O)[C@@H]5C=C[C@H](C2=O)C3C45)cc1C. The van der Waals surface area contributed by atoms with Gasteiger partial charge in [0.1, 0.15) is 0 Å². The second kappa shape index (κ2) is 7.85. The molecule has 0 aromatic heterocycles. The van der Waals surface area contributed by atoms with Crippen molar-refractivity contribution in [3.05, 3.63) is 83.0 Å². The number of anilines is 2. The Kier molecular flexibility index (Phi) is 4.94.